The van der Waals surface area contributed by atoms with Crippen LogP contribution in [0.5, 0.6) is 0 Å². The molecule has 0 atom stereocenters. The Balaban J connectivity index is 2.00. The maximum atomic E-state index is 3.12. The number of rotatable bonds is 0. The summed E-state index contributed by atoms with van der Waals surface area (Å²) in [7, 11) is 0. The highest BCUT2D eigenvalue weighted by Crippen LogP contribution is 2.07. The minimum absolute atomic E-state index is 1.04. The highest BCUT2D eigenvalue weighted by molar-refractivity contribution is 4.49. The minimum atomic E-state index is 1.04. The van der Waals surface area contributed by atoms with E-state index in [1.165, 1.54) is 51.4 Å². The first-order valence-electron chi connectivity index (χ1n) is 5.96. The Morgan fingerprint density at radius 1 is 0.429 bits per heavy atom. The van der Waals surface area contributed by atoms with Crippen molar-refractivity contribution in [2.45, 2.75) is 51.4 Å². The van der Waals surface area contributed by atoms with Crippen LogP contribution in [-0.4, -0.2) is 13.1 Å². The third kappa shape index (κ3) is 7.26. The molecule has 4 nitrogen and oxygen atoms in total. The minimum Gasteiger partial charge on any atom is -0.243 e. The van der Waals surface area contributed by atoms with Crippen LogP contribution in [0.25, 0.3) is 0 Å². The largest absolute Gasteiger partial charge is 0.243 e. The van der Waals surface area contributed by atoms with Crippen molar-refractivity contribution in [3.05, 3.63) is 0 Å². The van der Waals surface area contributed by atoms with Gasteiger partial charge in [-0.2, -0.15) is 11.1 Å². The van der Waals surface area contributed by atoms with E-state index in [1.807, 2.05) is 0 Å². The van der Waals surface area contributed by atoms with E-state index in [0.29, 0.717) is 0 Å². The maximum Gasteiger partial charge on any atom is 0.0113 e. The molecule has 0 bridgehead atoms. The predicted molar refractivity (Wildman–Crippen MR) is 59.2 cm³/mol. The summed E-state index contributed by atoms with van der Waals surface area (Å²) in [5.74, 6) is 0. The smallest absolute Gasteiger partial charge is 0.0113 e. The van der Waals surface area contributed by atoms with Gasteiger partial charge in [0.2, 0.25) is 0 Å². The van der Waals surface area contributed by atoms with E-state index in [-0.39, 0.29) is 0 Å². The molecule has 1 rings (SSSR count). The van der Waals surface area contributed by atoms with Gasteiger partial charge in [0.05, 0.1) is 0 Å². The average molecular weight is 200 g/mol. The van der Waals surface area contributed by atoms with Gasteiger partial charge in [-0.3, -0.25) is 0 Å². The Kier molecular flexibility index (Phi) is 8.00. The second-order valence-electron chi connectivity index (χ2n) is 3.93. The van der Waals surface area contributed by atoms with E-state index in [4.69, 9.17) is 0 Å². The highest BCUT2D eigenvalue weighted by atomic mass is 15.7. The second kappa shape index (κ2) is 9.40. The lowest BCUT2D eigenvalue weighted by Crippen LogP contribution is -2.51. The molecular weight excluding hydrogens is 176 g/mol. The molecule has 0 unspecified atom stereocenters. The first kappa shape index (κ1) is 11.9. The summed E-state index contributed by atoms with van der Waals surface area (Å²) in [6.45, 7) is 2.07. The average Bonchev–Trinajstić information content (AvgIpc) is 2.22. The van der Waals surface area contributed by atoms with Gasteiger partial charge in [-0.15, -0.1) is 0 Å². The second-order valence-corrected chi connectivity index (χ2v) is 3.93. The van der Waals surface area contributed by atoms with Crippen LogP contribution in [0.15, 0.2) is 0 Å². The van der Waals surface area contributed by atoms with E-state index >= 15 is 0 Å². The molecule has 1 aliphatic heterocycles. The van der Waals surface area contributed by atoms with Gasteiger partial charge in [-0.25, -0.2) is 10.9 Å². The molecule has 1 aliphatic rings. The molecular formula is C10H24N4. The zero-order valence-electron chi connectivity index (χ0n) is 9.07. The van der Waals surface area contributed by atoms with Gasteiger partial charge < -0.3 is 0 Å². The molecule has 4 heteroatoms. The Morgan fingerprint density at radius 2 is 0.786 bits per heavy atom. The van der Waals surface area contributed by atoms with Crippen LogP contribution >= 0.6 is 0 Å². The monoisotopic (exact) mass is 200 g/mol. The van der Waals surface area contributed by atoms with Crippen LogP contribution < -0.4 is 21.9 Å². The highest BCUT2D eigenvalue weighted by Gasteiger charge is 1.94. The lowest BCUT2D eigenvalue weighted by molar-refractivity contribution is 0.357. The third-order valence-corrected chi connectivity index (χ3v) is 2.59. The normalized spacial score (nSPS) is 24.0. The molecule has 0 aromatic heterocycles. The fourth-order valence-corrected chi connectivity index (χ4v) is 1.70. The summed E-state index contributed by atoms with van der Waals surface area (Å²) in [5.41, 5.74) is 12.1. The van der Waals surface area contributed by atoms with Gasteiger partial charge in [-0.1, -0.05) is 38.5 Å². The molecule has 0 aromatic carbocycles. The number of hydrogen-bond acceptors (Lipinski definition) is 4. The molecule has 0 radical (unpaired) electrons. The van der Waals surface area contributed by atoms with Crippen molar-refractivity contribution in [3.8, 4) is 0 Å². The summed E-state index contributed by atoms with van der Waals surface area (Å²) in [5, 5.41) is 0. The van der Waals surface area contributed by atoms with Crippen molar-refractivity contribution >= 4 is 0 Å². The molecule has 0 amide bonds. The van der Waals surface area contributed by atoms with Gasteiger partial charge in [0.25, 0.3) is 0 Å². The molecule has 14 heavy (non-hydrogen) atoms. The van der Waals surface area contributed by atoms with Gasteiger partial charge in [0.1, 0.15) is 0 Å². The first-order chi connectivity index (χ1) is 7.00. The zero-order chi connectivity index (χ0) is 9.90. The fourth-order valence-electron chi connectivity index (χ4n) is 1.70. The van der Waals surface area contributed by atoms with Crippen LogP contribution in [0.3, 0.4) is 0 Å². The van der Waals surface area contributed by atoms with Crippen molar-refractivity contribution in [2.75, 3.05) is 13.1 Å². The quantitative estimate of drug-likeness (QED) is 0.475. The number of hydrogen-bond donors (Lipinski definition) is 4. The summed E-state index contributed by atoms with van der Waals surface area (Å²) in [6, 6.07) is 0. The SMILES string of the molecule is C1CCCCCNNNNCCCC1. The van der Waals surface area contributed by atoms with Gasteiger partial charge >= 0.3 is 0 Å². The Bertz CT molecular complexity index is 65.4. The molecule has 0 aliphatic carbocycles. The van der Waals surface area contributed by atoms with Gasteiger partial charge in [0.15, 0.2) is 0 Å². The van der Waals surface area contributed by atoms with Crippen LogP contribution in [0, 0.1) is 0 Å². The predicted octanol–water partition coefficient (Wildman–Crippen LogP) is 1.22. The van der Waals surface area contributed by atoms with Gasteiger partial charge in [-0.05, 0) is 12.8 Å². The van der Waals surface area contributed by atoms with Crippen molar-refractivity contribution < 1.29 is 0 Å². The van der Waals surface area contributed by atoms with Gasteiger partial charge in [0, 0.05) is 13.1 Å². The van der Waals surface area contributed by atoms with E-state index in [9.17, 15) is 0 Å². The fraction of sp³-hybridized carbons (Fsp3) is 1.00. The molecule has 84 valence electrons. The molecule has 1 heterocycles. The van der Waals surface area contributed by atoms with Crippen LogP contribution in [0.1, 0.15) is 51.4 Å². The zero-order valence-corrected chi connectivity index (χ0v) is 9.07. The molecule has 4 N–H and O–H groups in total. The van der Waals surface area contributed by atoms with E-state index in [0.717, 1.165) is 13.1 Å². The summed E-state index contributed by atoms with van der Waals surface area (Å²) >= 11 is 0. The summed E-state index contributed by atoms with van der Waals surface area (Å²) in [6.07, 6.45) is 10.8. The van der Waals surface area contributed by atoms with Crippen LogP contribution in [0.2, 0.25) is 0 Å². The molecule has 0 aromatic rings. The standard InChI is InChI=1S/C10H24N4/c1-2-4-6-8-10-12-14-13-11-9-7-5-3-1/h11-14H,1-10H2. The number of hydrazine groups is 3. The third-order valence-electron chi connectivity index (χ3n) is 2.59. The number of nitrogens with one attached hydrogen (secondary N) is 4. The summed E-state index contributed by atoms with van der Waals surface area (Å²) in [4.78, 5) is 0. The first-order valence-corrected chi connectivity index (χ1v) is 5.96. The topological polar surface area (TPSA) is 48.1 Å². The molecule has 1 fully saturated rings. The molecule has 1 saturated heterocycles. The molecule has 0 spiro atoms. The van der Waals surface area contributed by atoms with Crippen molar-refractivity contribution in [3.63, 3.8) is 0 Å². The van der Waals surface area contributed by atoms with E-state index in [2.05, 4.69) is 21.9 Å². The Morgan fingerprint density at radius 3 is 1.21 bits per heavy atom. The Labute approximate surface area is 87.1 Å². The van der Waals surface area contributed by atoms with Crippen molar-refractivity contribution in [1.82, 2.24) is 21.9 Å². The lowest BCUT2D eigenvalue weighted by Gasteiger charge is -2.10. The van der Waals surface area contributed by atoms with Crippen LogP contribution in [-0.2, 0) is 0 Å². The van der Waals surface area contributed by atoms with Crippen molar-refractivity contribution in [2.24, 2.45) is 0 Å². The molecule has 0 saturated carbocycles. The van der Waals surface area contributed by atoms with E-state index < -0.39 is 0 Å². The summed E-state index contributed by atoms with van der Waals surface area (Å²) < 4.78 is 0. The van der Waals surface area contributed by atoms with Crippen LogP contribution in [0.4, 0.5) is 0 Å². The van der Waals surface area contributed by atoms with Crippen molar-refractivity contribution in [1.29, 1.82) is 0 Å². The lowest BCUT2D eigenvalue weighted by atomic mass is 10.1. The Hall–Kier alpha value is -0.160. The van der Waals surface area contributed by atoms with E-state index in [1.54, 1.807) is 0 Å². The maximum absolute atomic E-state index is 3.12.